The molecule has 0 aromatic carbocycles. The monoisotopic (exact) mass is 1120 g/mol. The third kappa shape index (κ3) is 66.8. The van der Waals surface area contributed by atoms with Gasteiger partial charge in [-0.15, -0.1) is 0 Å². The Morgan fingerprint density at radius 1 is 0.259 bits per heavy atom. The van der Waals surface area contributed by atoms with Gasteiger partial charge in [-0.25, -0.2) is 0 Å². The first-order valence-corrected chi connectivity index (χ1v) is 34.4. The van der Waals surface area contributed by atoms with E-state index >= 15 is 0 Å². The molecule has 0 aliphatic heterocycles. The van der Waals surface area contributed by atoms with E-state index in [9.17, 15) is 14.4 Å². The molecule has 0 spiro atoms. The van der Waals surface area contributed by atoms with Crippen LogP contribution in [0.3, 0.4) is 0 Å². The molecule has 0 heterocycles. The molecular weight excluding hydrogens is 997 g/mol. The molecule has 0 aromatic rings. The van der Waals surface area contributed by atoms with Gasteiger partial charge in [0, 0.05) is 19.3 Å². The van der Waals surface area contributed by atoms with Crippen LogP contribution in [0.2, 0.25) is 0 Å². The first-order valence-electron chi connectivity index (χ1n) is 34.4. The molecule has 0 aromatic heterocycles. The predicted molar refractivity (Wildman–Crippen MR) is 353 cm³/mol. The van der Waals surface area contributed by atoms with Crippen molar-refractivity contribution in [1.29, 1.82) is 0 Å². The van der Waals surface area contributed by atoms with E-state index in [0.29, 0.717) is 19.3 Å². The molecule has 0 bridgehead atoms. The van der Waals surface area contributed by atoms with Gasteiger partial charge >= 0.3 is 17.9 Å². The first kappa shape index (κ1) is 77.1. The number of hydrogen-bond acceptors (Lipinski definition) is 6. The Labute approximate surface area is 501 Å². The minimum absolute atomic E-state index is 0.0775. The lowest BCUT2D eigenvalue weighted by molar-refractivity contribution is -0.167. The molecule has 0 saturated carbocycles. The number of ether oxygens (including phenoxy) is 3. The van der Waals surface area contributed by atoms with Crippen LogP contribution in [0.15, 0.2) is 109 Å². The normalized spacial score (nSPS) is 12.8. The van der Waals surface area contributed by atoms with E-state index in [1.807, 2.05) is 0 Å². The number of allylic oxidation sites excluding steroid dienone is 18. The summed E-state index contributed by atoms with van der Waals surface area (Å²) in [6.07, 6.45) is 94.0. The van der Waals surface area contributed by atoms with Crippen LogP contribution >= 0.6 is 0 Å². The van der Waals surface area contributed by atoms with Crippen LogP contribution in [0, 0.1) is 0 Å². The minimum Gasteiger partial charge on any atom is -0.462 e. The Hall–Kier alpha value is -3.93. The van der Waals surface area contributed by atoms with Crippen molar-refractivity contribution >= 4 is 17.9 Å². The molecule has 0 rings (SSSR count). The van der Waals surface area contributed by atoms with Crippen LogP contribution in [0.4, 0.5) is 0 Å². The van der Waals surface area contributed by atoms with Crippen molar-refractivity contribution in [3.05, 3.63) is 109 Å². The summed E-state index contributed by atoms with van der Waals surface area (Å²) in [7, 11) is 0. The molecule has 0 amide bonds. The molecule has 1 atom stereocenters. The summed E-state index contributed by atoms with van der Waals surface area (Å²) in [6, 6.07) is 0. The summed E-state index contributed by atoms with van der Waals surface area (Å²) in [6.45, 7) is 6.52. The highest BCUT2D eigenvalue weighted by atomic mass is 16.6. The molecular formula is C75H128O6. The van der Waals surface area contributed by atoms with Gasteiger partial charge in [0.1, 0.15) is 13.2 Å². The van der Waals surface area contributed by atoms with E-state index in [1.165, 1.54) is 180 Å². The quantitative estimate of drug-likeness (QED) is 0.0261. The topological polar surface area (TPSA) is 78.9 Å². The molecule has 0 aliphatic carbocycles. The highest BCUT2D eigenvalue weighted by Gasteiger charge is 2.19. The lowest BCUT2D eigenvalue weighted by Gasteiger charge is -2.18. The van der Waals surface area contributed by atoms with E-state index in [4.69, 9.17) is 14.2 Å². The molecule has 81 heavy (non-hydrogen) atoms. The third-order valence-electron chi connectivity index (χ3n) is 14.8. The second-order valence-electron chi connectivity index (χ2n) is 22.7. The van der Waals surface area contributed by atoms with Gasteiger partial charge in [0.2, 0.25) is 0 Å². The highest BCUT2D eigenvalue weighted by molar-refractivity contribution is 5.71. The lowest BCUT2D eigenvalue weighted by atomic mass is 10.0. The van der Waals surface area contributed by atoms with Gasteiger partial charge in [-0.3, -0.25) is 14.4 Å². The summed E-state index contributed by atoms with van der Waals surface area (Å²) in [4.78, 5) is 38.3. The number of unbranched alkanes of at least 4 members (excludes halogenated alkanes) is 33. The van der Waals surface area contributed by atoms with Gasteiger partial charge in [-0.1, -0.05) is 310 Å². The van der Waals surface area contributed by atoms with Gasteiger partial charge in [-0.2, -0.15) is 0 Å². The van der Waals surface area contributed by atoms with Crippen molar-refractivity contribution in [3.63, 3.8) is 0 Å². The summed E-state index contributed by atoms with van der Waals surface area (Å²) in [5, 5.41) is 0. The summed E-state index contributed by atoms with van der Waals surface area (Å²) in [5.41, 5.74) is 0. The number of hydrogen-bond donors (Lipinski definition) is 0. The zero-order chi connectivity index (χ0) is 58.5. The first-order chi connectivity index (χ1) is 40.0. The second kappa shape index (κ2) is 68.6. The fraction of sp³-hybridized carbons (Fsp3) is 0.720. The van der Waals surface area contributed by atoms with Crippen LogP contribution in [0.25, 0.3) is 0 Å². The second-order valence-corrected chi connectivity index (χ2v) is 22.7. The molecule has 0 aliphatic rings. The van der Waals surface area contributed by atoms with Gasteiger partial charge in [0.05, 0.1) is 0 Å². The molecule has 0 saturated heterocycles. The molecule has 0 N–H and O–H groups in total. The van der Waals surface area contributed by atoms with E-state index in [1.54, 1.807) is 0 Å². The van der Waals surface area contributed by atoms with Crippen LogP contribution in [0.5, 0.6) is 0 Å². The van der Waals surface area contributed by atoms with Crippen molar-refractivity contribution in [1.82, 2.24) is 0 Å². The Kier molecular flexibility index (Phi) is 65.2. The number of rotatable bonds is 62. The lowest BCUT2D eigenvalue weighted by Crippen LogP contribution is -2.30. The van der Waals surface area contributed by atoms with E-state index in [0.717, 1.165) is 109 Å². The smallest absolute Gasteiger partial charge is 0.306 e. The van der Waals surface area contributed by atoms with Crippen molar-refractivity contribution < 1.29 is 28.6 Å². The predicted octanol–water partition coefficient (Wildman–Crippen LogP) is 23.8. The zero-order valence-corrected chi connectivity index (χ0v) is 53.3. The van der Waals surface area contributed by atoms with E-state index in [-0.39, 0.29) is 31.1 Å². The molecule has 1 unspecified atom stereocenters. The maximum absolute atomic E-state index is 12.9. The molecule has 6 heteroatoms. The van der Waals surface area contributed by atoms with E-state index in [2.05, 4.69) is 130 Å². The summed E-state index contributed by atoms with van der Waals surface area (Å²) < 4.78 is 16.9. The summed E-state index contributed by atoms with van der Waals surface area (Å²) >= 11 is 0. The molecule has 0 radical (unpaired) electrons. The number of esters is 3. The van der Waals surface area contributed by atoms with Crippen molar-refractivity contribution in [2.45, 2.75) is 335 Å². The van der Waals surface area contributed by atoms with Gasteiger partial charge in [-0.05, 0) is 109 Å². The standard InChI is InChI=1S/C75H128O6/c1-4-7-10-13-16-19-21-23-25-27-29-31-32-33-34-35-36-37-38-39-40-41-42-44-45-47-49-51-53-56-59-62-65-68-74(77)80-71-72(70-79-73(76)67-64-61-58-55-18-15-12-9-6-3)81-75(78)69-66-63-60-57-54-52-50-48-46-43-30-28-26-24-22-20-17-14-11-8-5-2/h7,10,16,19,22-25,28-31,33-34,36-37,39-40,72H,4-6,8-9,11-15,17-18,20-21,26-27,32,35,38,41-71H2,1-3H3/b10-7-,19-16-,24-22-,25-23-,30-28-,31-29-,34-33-,37-36-,40-39-. The fourth-order valence-electron chi connectivity index (χ4n) is 9.63. The fourth-order valence-corrected chi connectivity index (χ4v) is 9.63. The molecule has 6 nitrogen and oxygen atoms in total. The Balaban J connectivity index is 4.17. The van der Waals surface area contributed by atoms with Gasteiger partial charge in [0.15, 0.2) is 6.10 Å². The zero-order valence-electron chi connectivity index (χ0n) is 53.3. The van der Waals surface area contributed by atoms with Crippen LogP contribution in [-0.4, -0.2) is 37.2 Å². The van der Waals surface area contributed by atoms with Gasteiger partial charge in [0.25, 0.3) is 0 Å². The average molecular weight is 1130 g/mol. The van der Waals surface area contributed by atoms with Crippen molar-refractivity contribution in [2.24, 2.45) is 0 Å². The average Bonchev–Trinajstić information content (AvgIpc) is 3.47. The minimum atomic E-state index is -0.780. The van der Waals surface area contributed by atoms with Crippen molar-refractivity contribution in [2.75, 3.05) is 13.2 Å². The SMILES string of the molecule is CC/C=C\C/C=C\C/C=C\C/C=C\C/C=C\C/C=C\C/C=C\CCCCCCCCCCCCCC(=O)OCC(COC(=O)CCCCCCCCCCC)OC(=O)CCCCCCCCCCC/C=C\C/C=C\CCCCCCC. The van der Waals surface area contributed by atoms with Crippen LogP contribution in [-0.2, 0) is 28.6 Å². The molecule has 464 valence electrons. The molecule has 0 fully saturated rings. The maximum atomic E-state index is 12.9. The van der Waals surface area contributed by atoms with E-state index < -0.39 is 6.10 Å². The third-order valence-corrected chi connectivity index (χ3v) is 14.8. The Morgan fingerprint density at radius 3 is 0.753 bits per heavy atom. The maximum Gasteiger partial charge on any atom is 0.306 e. The van der Waals surface area contributed by atoms with Crippen LogP contribution in [0.1, 0.15) is 329 Å². The summed E-state index contributed by atoms with van der Waals surface area (Å²) in [5.74, 6) is -0.877. The number of carbonyl (C=O) groups excluding carboxylic acids is 3. The van der Waals surface area contributed by atoms with Crippen molar-refractivity contribution in [3.8, 4) is 0 Å². The largest absolute Gasteiger partial charge is 0.462 e. The highest BCUT2D eigenvalue weighted by Crippen LogP contribution is 2.16. The van der Waals surface area contributed by atoms with Gasteiger partial charge < -0.3 is 14.2 Å². The Bertz CT molecular complexity index is 1620. The van der Waals surface area contributed by atoms with Crippen LogP contribution < -0.4 is 0 Å². The number of carbonyl (C=O) groups is 3. The Morgan fingerprint density at radius 2 is 0.481 bits per heavy atom.